The maximum Gasteiger partial charge on any atom is 0.303 e. The number of piperidine rings is 1. The second-order valence-electron chi connectivity index (χ2n) is 12.3. The number of likely N-dealkylation sites (tertiary alicyclic amines) is 1. The van der Waals surface area contributed by atoms with Gasteiger partial charge in [0.05, 0.1) is 17.5 Å². The Morgan fingerprint density at radius 3 is 2.70 bits per heavy atom. The van der Waals surface area contributed by atoms with Crippen molar-refractivity contribution >= 4 is 18.0 Å². The molecule has 2 bridgehead atoms. The first-order chi connectivity index (χ1) is 19.3. The largest absolute Gasteiger partial charge is 0.487 e. The van der Waals surface area contributed by atoms with E-state index in [1.807, 2.05) is 47.4 Å². The minimum absolute atomic E-state index is 0.00447. The van der Waals surface area contributed by atoms with Gasteiger partial charge in [-0.2, -0.15) is 0 Å². The average Bonchev–Trinajstić information content (AvgIpc) is 3.27. The highest BCUT2D eigenvalue weighted by atomic mass is 16.6. The summed E-state index contributed by atoms with van der Waals surface area (Å²) in [5, 5.41) is 0. The summed E-state index contributed by atoms with van der Waals surface area (Å²) >= 11 is 0. The van der Waals surface area contributed by atoms with E-state index in [4.69, 9.17) is 9.47 Å². The monoisotopic (exact) mass is 540 g/mol. The molecule has 1 spiro atoms. The first kappa shape index (κ1) is 26.8. The zero-order chi connectivity index (χ0) is 28.1. The van der Waals surface area contributed by atoms with E-state index >= 15 is 0 Å². The molecule has 2 aromatic rings. The van der Waals surface area contributed by atoms with Gasteiger partial charge in [-0.15, -0.1) is 6.58 Å². The van der Waals surface area contributed by atoms with Crippen LogP contribution in [0.5, 0.6) is 5.75 Å². The number of amides is 1. The lowest BCUT2D eigenvalue weighted by atomic mass is 9.48. The van der Waals surface area contributed by atoms with Gasteiger partial charge in [-0.25, -0.2) is 0 Å². The summed E-state index contributed by atoms with van der Waals surface area (Å²) in [4.78, 5) is 31.2. The molecule has 0 aromatic heterocycles. The van der Waals surface area contributed by atoms with Crippen molar-refractivity contribution in [2.24, 2.45) is 5.92 Å². The van der Waals surface area contributed by atoms with Gasteiger partial charge in [0.15, 0.2) is 0 Å². The van der Waals surface area contributed by atoms with Crippen molar-refractivity contribution < 1.29 is 19.1 Å². The molecule has 6 nitrogen and oxygen atoms in total. The Morgan fingerprint density at radius 1 is 1.18 bits per heavy atom. The van der Waals surface area contributed by atoms with E-state index in [-0.39, 0.29) is 30.1 Å². The Morgan fingerprint density at radius 2 is 1.98 bits per heavy atom. The van der Waals surface area contributed by atoms with Crippen LogP contribution in [0.15, 0.2) is 67.3 Å². The third-order valence-electron chi connectivity index (χ3n) is 9.55. The number of rotatable bonds is 8. The Kier molecular flexibility index (Phi) is 6.86. The van der Waals surface area contributed by atoms with Gasteiger partial charge in [0.1, 0.15) is 17.5 Å². The quantitative estimate of drug-likeness (QED) is 0.263. The standard InChI is InChI=1S/C34H40N2O4/c1-5-19-35-20-18-33-31-26-12-9-13-28(31)39-32(33)27(16-17-34(33,29(35)21-26)40-24(4)37)36(22-23(2)3)30(38)15-14-25-10-7-6-8-11-25/h5-15,23,27,29,32H,1,16-22H2,2-4H3/t27-,29+,32-,33-,34+/m0/s1. The van der Waals surface area contributed by atoms with Crippen molar-refractivity contribution in [3.05, 3.63) is 84.0 Å². The van der Waals surface area contributed by atoms with Gasteiger partial charge in [-0.1, -0.05) is 62.4 Å². The molecule has 40 heavy (non-hydrogen) atoms. The molecule has 0 radical (unpaired) electrons. The maximum atomic E-state index is 13.9. The van der Waals surface area contributed by atoms with Crippen molar-refractivity contribution in [1.29, 1.82) is 0 Å². The number of carbonyl (C=O) groups excluding carboxylic acids is 2. The average molecular weight is 541 g/mol. The van der Waals surface area contributed by atoms with Crippen LogP contribution in [0.4, 0.5) is 0 Å². The van der Waals surface area contributed by atoms with Crippen LogP contribution in [0, 0.1) is 5.92 Å². The zero-order valence-corrected chi connectivity index (χ0v) is 23.8. The summed E-state index contributed by atoms with van der Waals surface area (Å²) in [5.41, 5.74) is 2.25. The predicted molar refractivity (Wildman–Crippen MR) is 156 cm³/mol. The van der Waals surface area contributed by atoms with E-state index in [1.165, 1.54) is 18.1 Å². The normalized spacial score (nSPS) is 30.1. The highest BCUT2D eigenvalue weighted by molar-refractivity contribution is 5.92. The van der Waals surface area contributed by atoms with E-state index in [1.54, 1.807) is 6.08 Å². The minimum Gasteiger partial charge on any atom is -0.487 e. The molecular weight excluding hydrogens is 500 g/mol. The van der Waals surface area contributed by atoms with Crippen LogP contribution in [0.1, 0.15) is 56.7 Å². The number of hydrogen-bond donors (Lipinski definition) is 0. The number of hydrogen-bond acceptors (Lipinski definition) is 5. The van der Waals surface area contributed by atoms with Crippen LogP contribution in [-0.2, 0) is 26.2 Å². The van der Waals surface area contributed by atoms with Gasteiger partial charge in [-0.05, 0) is 54.9 Å². The van der Waals surface area contributed by atoms with Crippen molar-refractivity contribution in [3.63, 3.8) is 0 Å². The molecule has 1 saturated heterocycles. The van der Waals surface area contributed by atoms with Crippen molar-refractivity contribution in [1.82, 2.24) is 9.80 Å². The molecule has 4 aliphatic rings. The van der Waals surface area contributed by atoms with Gasteiger partial charge in [0, 0.05) is 38.2 Å². The van der Waals surface area contributed by atoms with E-state index in [0.29, 0.717) is 25.3 Å². The summed E-state index contributed by atoms with van der Waals surface area (Å²) < 4.78 is 13.5. The summed E-state index contributed by atoms with van der Waals surface area (Å²) in [5.74, 6) is 0.920. The van der Waals surface area contributed by atoms with E-state index in [0.717, 1.165) is 37.2 Å². The van der Waals surface area contributed by atoms with Crippen molar-refractivity contribution in [3.8, 4) is 5.75 Å². The number of benzene rings is 2. The molecule has 2 aliphatic heterocycles. The molecule has 6 heteroatoms. The highest BCUT2D eigenvalue weighted by Crippen LogP contribution is 2.65. The first-order valence-corrected chi connectivity index (χ1v) is 14.7. The molecule has 2 aliphatic carbocycles. The molecular formula is C34H40N2O4. The number of esters is 1. The highest BCUT2D eigenvalue weighted by Gasteiger charge is 2.75. The molecule has 1 saturated carbocycles. The number of carbonyl (C=O) groups is 2. The summed E-state index contributed by atoms with van der Waals surface area (Å²) in [6.07, 6.45) is 8.26. The number of nitrogens with zero attached hydrogens (tertiary/aromatic N) is 2. The van der Waals surface area contributed by atoms with E-state index in [9.17, 15) is 9.59 Å². The first-order valence-electron chi connectivity index (χ1n) is 14.7. The molecule has 2 fully saturated rings. The fourth-order valence-electron chi connectivity index (χ4n) is 8.32. The van der Waals surface area contributed by atoms with Crippen LogP contribution >= 0.6 is 0 Å². The third-order valence-corrected chi connectivity index (χ3v) is 9.55. The van der Waals surface area contributed by atoms with Crippen LogP contribution in [0.2, 0.25) is 0 Å². The van der Waals surface area contributed by atoms with Gasteiger partial charge in [0.2, 0.25) is 5.91 Å². The smallest absolute Gasteiger partial charge is 0.303 e. The van der Waals surface area contributed by atoms with Gasteiger partial charge < -0.3 is 14.4 Å². The van der Waals surface area contributed by atoms with Gasteiger partial charge in [-0.3, -0.25) is 14.5 Å². The second-order valence-corrected chi connectivity index (χ2v) is 12.3. The Bertz CT molecular complexity index is 1340. The lowest BCUT2D eigenvalue weighted by Gasteiger charge is -2.65. The van der Waals surface area contributed by atoms with Crippen LogP contribution in [-0.4, -0.2) is 65.1 Å². The Balaban J connectivity index is 1.45. The van der Waals surface area contributed by atoms with Crippen molar-refractivity contribution in [2.45, 2.75) is 75.7 Å². The van der Waals surface area contributed by atoms with Crippen LogP contribution < -0.4 is 4.74 Å². The SMILES string of the molecule is C=CCN1CC[C@]23c4c5cccc4O[C@H]2[C@@H](N(CC(C)C)C(=O)C=Cc2ccccc2)CC[C@@]3(OC(C)=O)[C@H]1C5. The zero-order valence-electron chi connectivity index (χ0n) is 23.8. The van der Waals surface area contributed by atoms with Crippen molar-refractivity contribution in [2.75, 3.05) is 19.6 Å². The van der Waals surface area contributed by atoms with Crippen LogP contribution in [0.3, 0.4) is 0 Å². The molecule has 6 rings (SSSR count). The second kappa shape index (κ2) is 10.2. The molecule has 5 atom stereocenters. The minimum atomic E-state index is -0.715. The summed E-state index contributed by atoms with van der Waals surface area (Å²) in [7, 11) is 0. The van der Waals surface area contributed by atoms with Crippen LogP contribution in [0.25, 0.3) is 6.08 Å². The molecule has 2 heterocycles. The fraction of sp³-hybridized carbons (Fsp3) is 0.471. The van der Waals surface area contributed by atoms with Gasteiger partial charge in [0.25, 0.3) is 0 Å². The fourth-order valence-corrected chi connectivity index (χ4v) is 8.32. The molecule has 0 N–H and O–H groups in total. The van der Waals surface area contributed by atoms with Gasteiger partial charge >= 0.3 is 5.97 Å². The lowest BCUT2D eigenvalue weighted by Crippen LogP contribution is -2.79. The predicted octanol–water partition coefficient (Wildman–Crippen LogP) is 5.16. The Hall–Kier alpha value is -3.38. The third kappa shape index (κ3) is 4.02. The van der Waals surface area contributed by atoms with E-state index in [2.05, 4.69) is 43.5 Å². The summed E-state index contributed by atoms with van der Waals surface area (Å²) in [6.45, 7) is 12.1. The topological polar surface area (TPSA) is 59.1 Å². The lowest BCUT2D eigenvalue weighted by molar-refractivity contribution is -0.223. The maximum absolute atomic E-state index is 13.9. The molecule has 210 valence electrons. The Labute approximate surface area is 237 Å². The number of ether oxygens (including phenoxy) is 2. The molecule has 2 aromatic carbocycles. The molecule has 0 unspecified atom stereocenters. The van der Waals surface area contributed by atoms with E-state index < -0.39 is 11.0 Å². The molecule has 1 amide bonds. The summed E-state index contributed by atoms with van der Waals surface area (Å²) in [6, 6.07) is 16.2.